The number of hydrogen-bond donors (Lipinski definition) is 2. The van der Waals surface area contributed by atoms with Crippen molar-refractivity contribution in [1.82, 2.24) is 0 Å². The molecule has 1 rings (SSSR count). The predicted octanol–water partition coefficient (Wildman–Crippen LogP) is 2.24. The lowest BCUT2D eigenvalue weighted by molar-refractivity contribution is 0.473. The minimum Gasteiger partial charge on any atom is -0.507 e. The van der Waals surface area contributed by atoms with Crippen LogP contribution in [-0.4, -0.2) is 11.3 Å². The maximum atomic E-state index is 9.76. The number of aliphatic imine (C=N–C) groups is 1. The fraction of sp³-hybridized carbons (Fsp3) is 0. The van der Waals surface area contributed by atoms with E-state index in [1.807, 2.05) is 28.7 Å². The van der Waals surface area contributed by atoms with E-state index in [9.17, 15) is 5.11 Å². The molecule has 0 heterocycles. The van der Waals surface area contributed by atoms with Crippen molar-refractivity contribution in [3.05, 3.63) is 36.2 Å². The van der Waals surface area contributed by atoms with Crippen molar-refractivity contribution in [3.8, 4) is 17.9 Å². The number of nitrogens with two attached hydrogens (primary N) is 1. The fourth-order valence-corrected chi connectivity index (χ4v) is 2.99. The minimum absolute atomic E-state index is 0.0582. The molecule has 0 radical (unpaired) electrons. The monoisotopic (exact) mass is 464 g/mol. The standard InChI is InChI=1S/C11H6I2N4O/c12-6-1-8(13)7(11(18)2-6)5-17-10(4-15)9(16)3-14/h1-2,5,18H,16H2. The number of phenolic OH excluding ortho intramolecular Hbond substituents is 1. The second kappa shape index (κ2) is 6.56. The number of hydrogen-bond acceptors (Lipinski definition) is 5. The molecule has 0 spiro atoms. The van der Waals surface area contributed by atoms with E-state index in [0.29, 0.717) is 5.56 Å². The third kappa shape index (κ3) is 3.58. The van der Waals surface area contributed by atoms with Crippen LogP contribution in [0, 0.1) is 29.8 Å². The molecular weight excluding hydrogens is 458 g/mol. The van der Waals surface area contributed by atoms with Crippen LogP contribution in [0.3, 0.4) is 0 Å². The zero-order valence-electron chi connectivity index (χ0n) is 8.85. The van der Waals surface area contributed by atoms with Gasteiger partial charge in [0.1, 0.15) is 23.6 Å². The molecule has 3 N–H and O–H groups in total. The van der Waals surface area contributed by atoms with Crippen molar-refractivity contribution in [2.45, 2.75) is 0 Å². The van der Waals surface area contributed by atoms with Crippen LogP contribution >= 0.6 is 45.2 Å². The highest BCUT2D eigenvalue weighted by atomic mass is 127. The molecule has 0 aliphatic rings. The number of allylic oxidation sites excluding steroid dienone is 2. The summed E-state index contributed by atoms with van der Waals surface area (Å²) in [7, 11) is 0. The van der Waals surface area contributed by atoms with Crippen LogP contribution < -0.4 is 5.73 Å². The van der Waals surface area contributed by atoms with Gasteiger partial charge in [0, 0.05) is 18.9 Å². The summed E-state index contributed by atoms with van der Waals surface area (Å²) in [6.45, 7) is 0. The Bertz CT molecular complexity index is 600. The number of nitrogens with zero attached hydrogens (tertiary/aromatic N) is 3. The third-order valence-corrected chi connectivity index (χ3v) is 3.39. The van der Waals surface area contributed by atoms with Crippen LogP contribution in [0.2, 0.25) is 0 Å². The first-order chi connectivity index (χ1) is 8.49. The summed E-state index contributed by atoms with van der Waals surface area (Å²) < 4.78 is 1.67. The number of halogens is 2. The van der Waals surface area contributed by atoms with Gasteiger partial charge in [0.05, 0.1) is 0 Å². The SMILES string of the molecule is N#CC(N)=C(C#N)N=Cc1c(O)cc(I)cc1I. The highest BCUT2D eigenvalue weighted by molar-refractivity contribution is 14.1. The lowest BCUT2D eigenvalue weighted by atomic mass is 10.2. The van der Waals surface area contributed by atoms with E-state index in [0.717, 1.165) is 7.14 Å². The van der Waals surface area contributed by atoms with E-state index < -0.39 is 0 Å². The van der Waals surface area contributed by atoms with Crippen molar-refractivity contribution in [3.63, 3.8) is 0 Å². The summed E-state index contributed by atoms with van der Waals surface area (Å²) in [5.41, 5.74) is 5.36. The van der Waals surface area contributed by atoms with Gasteiger partial charge in [-0.1, -0.05) is 0 Å². The van der Waals surface area contributed by atoms with Crippen LogP contribution in [0.5, 0.6) is 5.75 Å². The summed E-state index contributed by atoms with van der Waals surface area (Å²) in [6.07, 6.45) is 1.32. The molecular formula is C11H6I2N4O. The molecule has 1 aromatic rings. The van der Waals surface area contributed by atoms with Gasteiger partial charge in [-0.2, -0.15) is 10.5 Å². The average Bonchev–Trinajstić information content (AvgIpc) is 2.31. The molecule has 0 aliphatic carbocycles. The number of aromatic hydroxyl groups is 1. The van der Waals surface area contributed by atoms with Gasteiger partial charge in [-0.05, 0) is 57.3 Å². The van der Waals surface area contributed by atoms with E-state index in [4.69, 9.17) is 16.3 Å². The summed E-state index contributed by atoms with van der Waals surface area (Å²) in [5, 5.41) is 27.1. The van der Waals surface area contributed by atoms with Gasteiger partial charge in [-0.25, -0.2) is 4.99 Å². The molecule has 0 unspecified atom stereocenters. The van der Waals surface area contributed by atoms with Crippen LogP contribution in [0.15, 0.2) is 28.5 Å². The van der Waals surface area contributed by atoms with Gasteiger partial charge >= 0.3 is 0 Å². The van der Waals surface area contributed by atoms with E-state index in [-0.39, 0.29) is 17.1 Å². The maximum Gasteiger partial charge on any atom is 0.174 e. The zero-order valence-corrected chi connectivity index (χ0v) is 13.2. The molecule has 18 heavy (non-hydrogen) atoms. The fourth-order valence-electron chi connectivity index (χ4n) is 1.04. The van der Waals surface area contributed by atoms with Crippen LogP contribution in [0.25, 0.3) is 0 Å². The third-order valence-electron chi connectivity index (χ3n) is 1.88. The van der Waals surface area contributed by atoms with Crippen molar-refractivity contribution < 1.29 is 5.11 Å². The Morgan fingerprint density at radius 3 is 2.50 bits per heavy atom. The van der Waals surface area contributed by atoms with Crippen LogP contribution in [-0.2, 0) is 0 Å². The summed E-state index contributed by atoms with van der Waals surface area (Å²) in [5.74, 6) is 0.0582. The van der Waals surface area contributed by atoms with Crippen LogP contribution in [0.4, 0.5) is 0 Å². The molecule has 0 aliphatic heterocycles. The highest BCUT2D eigenvalue weighted by Gasteiger charge is 2.06. The molecule has 90 valence electrons. The first-order valence-corrected chi connectivity index (χ1v) is 6.67. The molecule has 1 aromatic carbocycles. The van der Waals surface area contributed by atoms with Gasteiger partial charge < -0.3 is 10.8 Å². The normalized spacial score (nSPS) is 11.8. The average molecular weight is 464 g/mol. The summed E-state index contributed by atoms with van der Waals surface area (Å²) in [4.78, 5) is 3.81. The first kappa shape index (κ1) is 14.7. The second-order valence-electron chi connectivity index (χ2n) is 3.06. The van der Waals surface area contributed by atoms with Crippen molar-refractivity contribution >= 4 is 51.4 Å². The number of nitriles is 2. The zero-order chi connectivity index (χ0) is 13.7. The molecule has 7 heteroatoms. The van der Waals surface area contributed by atoms with Gasteiger partial charge in [-0.3, -0.25) is 0 Å². The number of benzene rings is 1. The Labute approximate surface area is 131 Å². The second-order valence-corrected chi connectivity index (χ2v) is 5.47. The number of rotatable bonds is 2. The maximum absolute atomic E-state index is 9.76. The van der Waals surface area contributed by atoms with E-state index in [2.05, 4.69) is 27.6 Å². The Balaban J connectivity index is 3.22. The van der Waals surface area contributed by atoms with Crippen molar-refractivity contribution in [1.29, 1.82) is 10.5 Å². The Hall–Kier alpha value is -1.33. The van der Waals surface area contributed by atoms with Crippen LogP contribution in [0.1, 0.15) is 5.56 Å². The molecule has 0 fully saturated rings. The smallest absolute Gasteiger partial charge is 0.174 e. The lowest BCUT2D eigenvalue weighted by Gasteiger charge is -2.02. The predicted molar refractivity (Wildman–Crippen MR) is 83.6 cm³/mol. The molecule has 0 saturated carbocycles. The molecule has 0 bridgehead atoms. The molecule has 0 atom stereocenters. The van der Waals surface area contributed by atoms with Crippen molar-refractivity contribution in [2.75, 3.05) is 0 Å². The highest BCUT2D eigenvalue weighted by Crippen LogP contribution is 2.24. The summed E-state index contributed by atoms with van der Waals surface area (Å²) in [6, 6.07) is 6.80. The van der Waals surface area contributed by atoms with Gasteiger partial charge in [-0.15, -0.1) is 0 Å². The van der Waals surface area contributed by atoms with E-state index >= 15 is 0 Å². The molecule has 0 amide bonds. The largest absolute Gasteiger partial charge is 0.507 e. The molecule has 0 aromatic heterocycles. The Kier molecular flexibility index (Phi) is 5.37. The van der Waals surface area contributed by atoms with E-state index in [1.54, 1.807) is 18.2 Å². The minimum atomic E-state index is -0.256. The van der Waals surface area contributed by atoms with Crippen molar-refractivity contribution in [2.24, 2.45) is 10.7 Å². The first-order valence-electron chi connectivity index (χ1n) is 4.51. The molecule has 5 nitrogen and oxygen atoms in total. The Morgan fingerprint density at radius 1 is 1.33 bits per heavy atom. The Morgan fingerprint density at radius 2 is 2.00 bits per heavy atom. The number of phenols is 1. The van der Waals surface area contributed by atoms with Gasteiger partial charge in [0.15, 0.2) is 5.70 Å². The molecule has 0 saturated heterocycles. The topological polar surface area (TPSA) is 106 Å². The summed E-state index contributed by atoms with van der Waals surface area (Å²) >= 11 is 4.13. The van der Waals surface area contributed by atoms with Gasteiger partial charge in [0.2, 0.25) is 0 Å². The van der Waals surface area contributed by atoms with Gasteiger partial charge in [0.25, 0.3) is 0 Å². The lowest BCUT2D eigenvalue weighted by Crippen LogP contribution is -1.98. The quantitative estimate of drug-likeness (QED) is 0.398. The van der Waals surface area contributed by atoms with E-state index in [1.165, 1.54) is 6.21 Å².